The van der Waals surface area contributed by atoms with Crippen molar-refractivity contribution < 1.29 is 26.0 Å². The lowest BCUT2D eigenvalue weighted by atomic mass is 9.93. The molecule has 1 fully saturated rings. The van der Waals surface area contributed by atoms with Crippen molar-refractivity contribution in [3.05, 3.63) is 59.8 Å². The fourth-order valence-corrected chi connectivity index (χ4v) is 5.52. The van der Waals surface area contributed by atoms with Gasteiger partial charge >= 0.3 is 6.18 Å². The topological polar surface area (TPSA) is 79.0 Å². The summed E-state index contributed by atoms with van der Waals surface area (Å²) in [5, 5.41) is 6.83. The molecule has 5 rings (SSSR count). The van der Waals surface area contributed by atoms with Gasteiger partial charge in [-0.3, -0.25) is 14.4 Å². The van der Waals surface area contributed by atoms with Crippen LogP contribution in [0.5, 0.6) is 0 Å². The van der Waals surface area contributed by atoms with E-state index in [-0.39, 0.29) is 16.5 Å². The number of hydrogen-bond acceptors (Lipinski definition) is 4. The predicted molar refractivity (Wildman–Crippen MR) is 98.4 cm³/mol. The van der Waals surface area contributed by atoms with Crippen molar-refractivity contribution >= 4 is 15.7 Å². The van der Waals surface area contributed by atoms with E-state index in [0.717, 1.165) is 25.0 Å². The molecular formula is C19H14F4N4O2S. The average Bonchev–Trinajstić information content (AvgIpc) is 3.41. The van der Waals surface area contributed by atoms with E-state index in [1.807, 2.05) is 0 Å². The Morgan fingerprint density at radius 2 is 1.87 bits per heavy atom. The molecular weight excluding hydrogens is 424 g/mol. The Bertz CT molecular complexity index is 1230. The fraction of sp³-hybridized carbons (Fsp3) is 0.263. The molecule has 0 spiro atoms. The molecule has 0 bridgehead atoms. The highest BCUT2D eigenvalue weighted by Crippen LogP contribution is 2.54. The highest BCUT2D eigenvalue weighted by atomic mass is 32.2. The van der Waals surface area contributed by atoms with Crippen molar-refractivity contribution in [2.24, 2.45) is 5.92 Å². The van der Waals surface area contributed by atoms with Gasteiger partial charge in [-0.2, -0.15) is 18.3 Å². The lowest BCUT2D eigenvalue weighted by Gasteiger charge is -2.37. The summed E-state index contributed by atoms with van der Waals surface area (Å²) in [7, 11) is -4.29. The number of aromatic nitrogens is 3. The summed E-state index contributed by atoms with van der Waals surface area (Å²) < 4.78 is 80.7. The molecule has 156 valence electrons. The number of pyridine rings is 1. The first-order valence-electron chi connectivity index (χ1n) is 9.09. The normalized spacial score (nSPS) is 18.8. The molecule has 3 aromatic rings. The second-order valence-electron chi connectivity index (χ2n) is 7.32. The van der Waals surface area contributed by atoms with Crippen LogP contribution in [0.25, 0.3) is 11.3 Å². The Kier molecular flexibility index (Phi) is 3.98. The van der Waals surface area contributed by atoms with Gasteiger partial charge in [0.25, 0.3) is 10.0 Å². The van der Waals surface area contributed by atoms with E-state index in [4.69, 9.17) is 0 Å². The molecule has 6 nitrogen and oxygen atoms in total. The molecule has 1 saturated carbocycles. The summed E-state index contributed by atoms with van der Waals surface area (Å²) in [4.78, 5) is 2.92. The molecule has 3 heterocycles. The first kappa shape index (κ1) is 19.0. The number of halogens is 4. The second-order valence-corrected chi connectivity index (χ2v) is 9.14. The SMILES string of the molecule is O=S(=O)(c1ccc(C(F)(F)F)nc1)N1c2ccc(F)cc2-c2[nH]ncc2[C@H]1C1CC1. The van der Waals surface area contributed by atoms with Gasteiger partial charge in [0, 0.05) is 17.3 Å². The van der Waals surface area contributed by atoms with Gasteiger partial charge in [0.15, 0.2) is 0 Å². The lowest BCUT2D eigenvalue weighted by molar-refractivity contribution is -0.141. The molecule has 1 aliphatic carbocycles. The Morgan fingerprint density at radius 3 is 2.50 bits per heavy atom. The molecule has 1 aromatic carbocycles. The number of anilines is 1. The number of benzene rings is 1. The Morgan fingerprint density at radius 1 is 1.10 bits per heavy atom. The van der Waals surface area contributed by atoms with Gasteiger partial charge < -0.3 is 0 Å². The van der Waals surface area contributed by atoms with Gasteiger partial charge in [0.05, 0.1) is 23.6 Å². The fourth-order valence-electron chi connectivity index (χ4n) is 3.86. The van der Waals surface area contributed by atoms with Crippen LogP contribution in [-0.4, -0.2) is 23.6 Å². The first-order valence-corrected chi connectivity index (χ1v) is 10.5. The average molecular weight is 438 g/mol. The molecule has 2 aromatic heterocycles. The first-order chi connectivity index (χ1) is 14.2. The van der Waals surface area contributed by atoms with E-state index in [0.29, 0.717) is 29.1 Å². The van der Waals surface area contributed by atoms with Crippen LogP contribution in [0.2, 0.25) is 0 Å². The van der Waals surface area contributed by atoms with E-state index in [1.165, 1.54) is 22.6 Å². The minimum Gasteiger partial charge on any atom is -0.277 e. The minimum atomic E-state index is -4.68. The van der Waals surface area contributed by atoms with Crippen molar-refractivity contribution in [1.82, 2.24) is 15.2 Å². The van der Waals surface area contributed by atoms with E-state index in [9.17, 15) is 26.0 Å². The maximum atomic E-state index is 13.9. The number of nitrogens with one attached hydrogen (secondary N) is 1. The zero-order valence-corrected chi connectivity index (χ0v) is 16.0. The van der Waals surface area contributed by atoms with Crippen LogP contribution < -0.4 is 4.31 Å². The molecule has 30 heavy (non-hydrogen) atoms. The number of rotatable bonds is 3. The van der Waals surface area contributed by atoms with Crippen LogP contribution in [0.4, 0.5) is 23.2 Å². The van der Waals surface area contributed by atoms with Crippen LogP contribution in [-0.2, 0) is 16.2 Å². The highest BCUT2D eigenvalue weighted by Gasteiger charge is 2.47. The van der Waals surface area contributed by atoms with Crippen molar-refractivity contribution in [3.63, 3.8) is 0 Å². The maximum Gasteiger partial charge on any atom is 0.433 e. The number of fused-ring (bicyclic) bond motifs is 3. The highest BCUT2D eigenvalue weighted by molar-refractivity contribution is 7.92. The number of hydrogen-bond donors (Lipinski definition) is 1. The third-order valence-electron chi connectivity index (χ3n) is 5.36. The summed E-state index contributed by atoms with van der Waals surface area (Å²) in [6.45, 7) is 0. The summed E-state index contributed by atoms with van der Waals surface area (Å²) in [5.41, 5.74) is 0.531. The number of H-pyrrole nitrogens is 1. The van der Waals surface area contributed by atoms with Gasteiger partial charge in [-0.15, -0.1) is 0 Å². The third kappa shape index (κ3) is 2.87. The van der Waals surface area contributed by atoms with Crippen LogP contribution in [0.1, 0.15) is 30.1 Å². The van der Waals surface area contributed by atoms with Gasteiger partial charge in [0.1, 0.15) is 16.4 Å². The summed E-state index contributed by atoms with van der Waals surface area (Å²) in [5.74, 6) is -0.524. The molecule has 11 heteroatoms. The number of nitrogens with zero attached hydrogens (tertiary/aromatic N) is 3. The van der Waals surface area contributed by atoms with Gasteiger partial charge in [0.2, 0.25) is 0 Å². The summed E-state index contributed by atoms with van der Waals surface area (Å²) >= 11 is 0. The molecule has 1 N–H and O–H groups in total. The Hall–Kier alpha value is -2.95. The minimum absolute atomic E-state index is 0.0248. The molecule has 0 unspecified atom stereocenters. The van der Waals surface area contributed by atoms with E-state index >= 15 is 0 Å². The van der Waals surface area contributed by atoms with E-state index in [1.54, 1.807) is 0 Å². The largest absolute Gasteiger partial charge is 0.433 e. The maximum absolute atomic E-state index is 13.9. The van der Waals surface area contributed by atoms with Gasteiger partial charge in [-0.25, -0.2) is 12.8 Å². The Labute approximate surface area is 168 Å². The van der Waals surface area contributed by atoms with Crippen molar-refractivity contribution in [2.45, 2.75) is 30.0 Å². The van der Waals surface area contributed by atoms with E-state index in [2.05, 4.69) is 15.2 Å². The van der Waals surface area contributed by atoms with Crippen molar-refractivity contribution in [3.8, 4) is 11.3 Å². The van der Waals surface area contributed by atoms with E-state index < -0.39 is 33.8 Å². The molecule has 0 amide bonds. The molecule has 0 radical (unpaired) electrons. The van der Waals surface area contributed by atoms with Crippen molar-refractivity contribution in [2.75, 3.05) is 4.31 Å². The van der Waals surface area contributed by atoms with Crippen LogP contribution in [0.15, 0.2) is 47.6 Å². The number of aromatic amines is 1. The van der Waals surface area contributed by atoms with Crippen molar-refractivity contribution in [1.29, 1.82) is 0 Å². The van der Waals surface area contributed by atoms with Gasteiger partial charge in [-0.05, 0) is 49.1 Å². The molecule has 2 aliphatic rings. The zero-order valence-electron chi connectivity index (χ0n) is 15.2. The molecule has 0 saturated heterocycles. The third-order valence-corrected chi connectivity index (χ3v) is 7.14. The standard InChI is InChI=1S/C19H14F4N4O2S/c20-11-3-5-15-13(7-11)17-14(9-25-26-17)18(10-1-2-10)27(15)30(28,29)12-4-6-16(24-8-12)19(21,22)23/h3-10,18H,1-2H2,(H,25,26)/t18-/m1/s1. The van der Waals surface area contributed by atoms with Crippen LogP contribution in [0.3, 0.4) is 0 Å². The monoisotopic (exact) mass is 438 g/mol. The zero-order chi connectivity index (χ0) is 21.3. The quantitative estimate of drug-likeness (QED) is 0.619. The number of alkyl halides is 3. The van der Waals surface area contributed by atoms with Gasteiger partial charge in [-0.1, -0.05) is 0 Å². The lowest BCUT2D eigenvalue weighted by Crippen LogP contribution is -2.38. The number of sulfonamides is 1. The molecule has 1 aliphatic heterocycles. The summed E-state index contributed by atoms with van der Waals surface area (Å²) in [6.07, 6.45) is -0.873. The Balaban J connectivity index is 1.68. The summed E-state index contributed by atoms with van der Waals surface area (Å²) in [6, 6.07) is 4.66. The van der Waals surface area contributed by atoms with Crippen LogP contribution >= 0.6 is 0 Å². The van der Waals surface area contributed by atoms with Crippen LogP contribution in [0, 0.1) is 11.7 Å². The molecule has 1 atom stereocenters. The predicted octanol–water partition coefficient (Wildman–Crippen LogP) is 4.29. The second kappa shape index (κ2) is 6.27. The smallest absolute Gasteiger partial charge is 0.277 e.